The van der Waals surface area contributed by atoms with E-state index in [0.29, 0.717) is 17.3 Å². The minimum atomic E-state index is -0.604. The lowest BCUT2D eigenvalue weighted by Gasteiger charge is -2.16. The summed E-state index contributed by atoms with van der Waals surface area (Å²) in [6.45, 7) is 4.30. The van der Waals surface area contributed by atoms with Crippen molar-refractivity contribution in [1.82, 2.24) is 0 Å². The predicted molar refractivity (Wildman–Crippen MR) is 59.5 cm³/mol. The van der Waals surface area contributed by atoms with Gasteiger partial charge in [-0.15, -0.1) is 0 Å². The molecule has 1 heterocycles. The molecule has 0 aliphatic carbocycles. The molecule has 0 spiro atoms. The first-order chi connectivity index (χ1) is 7.02. The van der Waals surface area contributed by atoms with Crippen molar-refractivity contribution in [2.24, 2.45) is 5.73 Å². The molecule has 2 rings (SSSR count). The first kappa shape index (κ1) is 10.6. The number of halogens is 1. The molecule has 0 saturated heterocycles. The minimum Gasteiger partial charge on any atom is -0.449 e. The molecule has 0 amide bonds. The molecule has 1 aliphatic heterocycles. The maximum atomic E-state index is 6.09. The molecule has 0 saturated carbocycles. The summed E-state index contributed by atoms with van der Waals surface area (Å²) in [6.07, 6.45) is 0.746. The Morgan fingerprint density at radius 1 is 1.27 bits per heavy atom. The zero-order valence-corrected chi connectivity index (χ0v) is 9.60. The number of hydrogen-bond donors (Lipinski definition) is 1. The maximum absolute atomic E-state index is 6.09. The Bertz CT molecular complexity index is 390. The fraction of sp³-hybridized carbons (Fsp3) is 0.455. The van der Waals surface area contributed by atoms with Crippen molar-refractivity contribution in [2.45, 2.75) is 26.1 Å². The third kappa shape index (κ3) is 2.03. The molecule has 82 valence electrons. The van der Waals surface area contributed by atoms with E-state index in [4.69, 9.17) is 26.8 Å². The number of rotatable bonds is 2. The highest BCUT2D eigenvalue weighted by Crippen LogP contribution is 2.42. The van der Waals surface area contributed by atoms with Crippen LogP contribution in [0.5, 0.6) is 11.5 Å². The van der Waals surface area contributed by atoms with Crippen LogP contribution in [0.1, 0.15) is 19.4 Å². The van der Waals surface area contributed by atoms with Crippen molar-refractivity contribution < 1.29 is 9.47 Å². The van der Waals surface area contributed by atoms with Crippen LogP contribution in [-0.2, 0) is 6.42 Å². The fourth-order valence-corrected chi connectivity index (χ4v) is 1.88. The van der Waals surface area contributed by atoms with Gasteiger partial charge in [-0.05, 0) is 24.6 Å². The van der Waals surface area contributed by atoms with Gasteiger partial charge in [0, 0.05) is 24.9 Å². The Morgan fingerprint density at radius 2 is 1.87 bits per heavy atom. The fourth-order valence-electron chi connectivity index (χ4n) is 1.63. The molecule has 1 aromatic rings. The number of hydrogen-bond acceptors (Lipinski definition) is 3. The quantitative estimate of drug-likeness (QED) is 0.844. The minimum absolute atomic E-state index is 0.572. The van der Waals surface area contributed by atoms with Crippen molar-refractivity contribution in [3.05, 3.63) is 22.7 Å². The summed E-state index contributed by atoms with van der Waals surface area (Å²) in [5.41, 5.74) is 6.50. The molecule has 0 bridgehead atoms. The highest BCUT2D eigenvalue weighted by Gasteiger charge is 2.32. The lowest BCUT2D eigenvalue weighted by atomic mass is 10.1. The van der Waals surface area contributed by atoms with Gasteiger partial charge in [-0.3, -0.25) is 0 Å². The van der Waals surface area contributed by atoms with Crippen LogP contribution in [0.4, 0.5) is 0 Å². The van der Waals surface area contributed by atoms with Crippen molar-refractivity contribution in [3.8, 4) is 11.5 Å². The lowest BCUT2D eigenvalue weighted by molar-refractivity contribution is -0.0431. The standard InChI is InChI=1S/C11H14ClNO2/c1-11(2)14-9-5-7(3-4-13)8(12)6-10(9)15-11/h5-6H,3-4,13H2,1-2H3. The van der Waals surface area contributed by atoms with Crippen molar-refractivity contribution in [1.29, 1.82) is 0 Å². The molecule has 1 aromatic carbocycles. The number of ether oxygens (including phenoxy) is 2. The van der Waals surface area contributed by atoms with Gasteiger partial charge in [0.05, 0.1) is 0 Å². The van der Waals surface area contributed by atoms with Gasteiger partial charge in [0.1, 0.15) is 0 Å². The number of benzene rings is 1. The van der Waals surface area contributed by atoms with Gasteiger partial charge in [0.2, 0.25) is 5.79 Å². The zero-order chi connectivity index (χ0) is 11.1. The zero-order valence-electron chi connectivity index (χ0n) is 8.84. The molecule has 1 aliphatic rings. The summed E-state index contributed by atoms with van der Waals surface area (Å²) in [5, 5.41) is 0.681. The van der Waals surface area contributed by atoms with E-state index in [2.05, 4.69) is 0 Å². The van der Waals surface area contributed by atoms with Crippen LogP contribution in [0.25, 0.3) is 0 Å². The van der Waals surface area contributed by atoms with Gasteiger partial charge in [-0.1, -0.05) is 11.6 Å². The van der Waals surface area contributed by atoms with E-state index in [0.717, 1.165) is 17.7 Å². The Kier molecular flexibility index (Phi) is 2.52. The van der Waals surface area contributed by atoms with E-state index in [1.807, 2.05) is 19.9 Å². The monoisotopic (exact) mass is 227 g/mol. The van der Waals surface area contributed by atoms with E-state index >= 15 is 0 Å². The lowest BCUT2D eigenvalue weighted by Crippen LogP contribution is -2.29. The number of nitrogens with two attached hydrogens (primary N) is 1. The smallest absolute Gasteiger partial charge is 0.246 e. The van der Waals surface area contributed by atoms with Gasteiger partial charge in [0.25, 0.3) is 0 Å². The van der Waals surface area contributed by atoms with Crippen molar-refractivity contribution >= 4 is 11.6 Å². The van der Waals surface area contributed by atoms with Gasteiger partial charge in [-0.2, -0.15) is 0 Å². The SMILES string of the molecule is CC1(C)Oc2cc(Cl)c(CCN)cc2O1. The molecule has 2 N–H and O–H groups in total. The molecular formula is C11H14ClNO2. The summed E-state index contributed by atoms with van der Waals surface area (Å²) in [5.74, 6) is 0.839. The number of fused-ring (bicyclic) bond motifs is 1. The van der Waals surface area contributed by atoms with E-state index in [1.54, 1.807) is 6.07 Å². The molecule has 0 aromatic heterocycles. The molecule has 0 atom stereocenters. The summed E-state index contributed by atoms with van der Waals surface area (Å²) < 4.78 is 11.2. The van der Waals surface area contributed by atoms with Crippen LogP contribution in [0.2, 0.25) is 5.02 Å². The van der Waals surface area contributed by atoms with Gasteiger partial charge in [0.15, 0.2) is 11.5 Å². The topological polar surface area (TPSA) is 44.5 Å². The molecule has 3 nitrogen and oxygen atoms in total. The van der Waals surface area contributed by atoms with E-state index in [1.165, 1.54) is 0 Å². The molecule has 0 radical (unpaired) electrons. The first-order valence-corrected chi connectivity index (χ1v) is 5.30. The van der Waals surface area contributed by atoms with Gasteiger partial charge in [-0.25, -0.2) is 0 Å². The van der Waals surface area contributed by atoms with Crippen LogP contribution >= 0.6 is 11.6 Å². The first-order valence-electron chi connectivity index (χ1n) is 4.92. The Labute approximate surface area is 94.1 Å². The summed E-state index contributed by atoms with van der Waals surface area (Å²) in [4.78, 5) is 0. The van der Waals surface area contributed by atoms with E-state index < -0.39 is 5.79 Å². The van der Waals surface area contributed by atoms with E-state index in [9.17, 15) is 0 Å². The van der Waals surface area contributed by atoms with Crippen LogP contribution in [0.15, 0.2) is 12.1 Å². The van der Waals surface area contributed by atoms with Crippen LogP contribution in [-0.4, -0.2) is 12.3 Å². The second kappa shape index (κ2) is 3.58. The Morgan fingerprint density at radius 3 is 2.47 bits per heavy atom. The normalized spacial score (nSPS) is 16.8. The predicted octanol–water partition coefficient (Wildman–Crippen LogP) is 2.35. The highest BCUT2D eigenvalue weighted by molar-refractivity contribution is 6.31. The molecule has 0 unspecified atom stereocenters. The largest absolute Gasteiger partial charge is 0.449 e. The van der Waals surface area contributed by atoms with Gasteiger partial charge >= 0.3 is 0 Å². The van der Waals surface area contributed by atoms with Gasteiger partial charge < -0.3 is 15.2 Å². The van der Waals surface area contributed by atoms with Crippen LogP contribution in [0.3, 0.4) is 0 Å². The van der Waals surface area contributed by atoms with Crippen LogP contribution < -0.4 is 15.2 Å². The second-order valence-corrected chi connectivity index (χ2v) is 4.44. The third-order valence-electron chi connectivity index (χ3n) is 2.24. The summed E-state index contributed by atoms with van der Waals surface area (Å²) in [6, 6.07) is 3.69. The summed E-state index contributed by atoms with van der Waals surface area (Å²) >= 11 is 6.09. The second-order valence-electron chi connectivity index (χ2n) is 4.03. The Balaban J connectivity index is 2.36. The van der Waals surface area contributed by atoms with E-state index in [-0.39, 0.29) is 0 Å². The summed E-state index contributed by atoms with van der Waals surface area (Å²) in [7, 11) is 0. The molecule has 4 heteroatoms. The average molecular weight is 228 g/mol. The van der Waals surface area contributed by atoms with Crippen molar-refractivity contribution in [3.63, 3.8) is 0 Å². The average Bonchev–Trinajstić information content (AvgIpc) is 2.39. The third-order valence-corrected chi connectivity index (χ3v) is 2.59. The highest BCUT2D eigenvalue weighted by atomic mass is 35.5. The Hall–Kier alpha value is -0.930. The van der Waals surface area contributed by atoms with Crippen LogP contribution in [0, 0.1) is 0 Å². The maximum Gasteiger partial charge on any atom is 0.246 e. The molecule has 0 fully saturated rings. The molecule has 15 heavy (non-hydrogen) atoms. The molecular weight excluding hydrogens is 214 g/mol. The van der Waals surface area contributed by atoms with Crippen molar-refractivity contribution in [2.75, 3.05) is 6.54 Å².